The van der Waals surface area contributed by atoms with Gasteiger partial charge in [0.1, 0.15) is 12.5 Å². The van der Waals surface area contributed by atoms with Gasteiger partial charge in [-0.15, -0.1) is 0 Å². The zero-order valence-corrected chi connectivity index (χ0v) is 15.4. The van der Waals surface area contributed by atoms with E-state index in [4.69, 9.17) is 0 Å². The van der Waals surface area contributed by atoms with Crippen LogP contribution in [-0.4, -0.2) is 41.0 Å². The van der Waals surface area contributed by atoms with Crippen LogP contribution < -0.4 is 5.32 Å². The summed E-state index contributed by atoms with van der Waals surface area (Å²) in [6.07, 6.45) is 14.0. The molecular weight excluding hydrogens is 324 g/mol. The summed E-state index contributed by atoms with van der Waals surface area (Å²) in [6, 6.07) is 8.12. The first-order chi connectivity index (χ1) is 12.5. The Kier molecular flexibility index (Phi) is 6.22. The van der Waals surface area contributed by atoms with Crippen LogP contribution in [-0.2, 0) is 0 Å². The Hall–Kier alpha value is -1.98. The summed E-state index contributed by atoms with van der Waals surface area (Å²) >= 11 is 0. The van der Waals surface area contributed by atoms with E-state index in [1.807, 2.05) is 37.4 Å². The van der Waals surface area contributed by atoms with E-state index >= 15 is 0 Å². The zero-order chi connectivity index (χ0) is 18.5. The summed E-state index contributed by atoms with van der Waals surface area (Å²) in [5.41, 5.74) is 3.24. The molecule has 2 aliphatic rings. The quantitative estimate of drug-likeness (QED) is 0.661. The van der Waals surface area contributed by atoms with Gasteiger partial charge in [-0.05, 0) is 31.5 Å². The average molecular weight is 352 g/mol. The van der Waals surface area contributed by atoms with Gasteiger partial charge in [0.05, 0.1) is 0 Å². The second-order valence-electron chi connectivity index (χ2n) is 7.11. The Labute approximate surface area is 155 Å². The Morgan fingerprint density at radius 3 is 2.65 bits per heavy atom. The largest absolute Gasteiger partial charge is 0.377 e. The molecule has 3 unspecified atom stereocenters. The van der Waals surface area contributed by atoms with Gasteiger partial charge in [-0.2, -0.15) is 0 Å². The Morgan fingerprint density at radius 1 is 1.19 bits per heavy atom. The molecule has 138 valence electrons. The lowest BCUT2D eigenvalue weighted by molar-refractivity contribution is -0.0164. The monoisotopic (exact) mass is 352 g/mol. The molecule has 3 N–H and O–H groups in total. The van der Waals surface area contributed by atoms with E-state index < -0.39 is 12.5 Å². The predicted molar refractivity (Wildman–Crippen MR) is 105 cm³/mol. The fourth-order valence-electron chi connectivity index (χ4n) is 3.36. The zero-order valence-electron chi connectivity index (χ0n) is 15.4. The molecule has 0 radical (unpaired) electrons. The molecule has 0 bridgehead atoms. The molecule has 1 aromatic carbocycles. The summed E-state index contributed by atoms with van der Waals surface area (Å²) in [4.78, 5) is 1.75. The van der Waals surface area contributed by atoms with E-state index in [2.05, 4.69) is 48.7 Å². The maximum Gasteiger partial charge on any atom is 0.133 e. The lowest BCUT2D eigenvalue weighted by Gasteiger charge is -2.28. The highest BCUT2D eigenvalue weighted by Gasteiger charge is 2.20. The molecule has 2 aliphatic carbocycles. The molecule has 0 heterocycles. The number of benzene rings is 1. The van der Waals surface area contributed by atoms with Crippen LogP contribution in [0.4, 0.5) is 0 Å². The smallest absolute Gasteiger partial charge is 0.133 e. The van der Waals surface area contributed by atoms with Crippen LogP contribution in [0.2, 0.25) is 0 Å². The van der Waals surface area contributed by atoms with E-state index in [0.717, 1.165) is 17.5 Å². The molecule has 4 nitrogen and oxygen atoms in total. The van der Waals surface area contributed by atoms with Gasteiger partial charge in [-0.1, -0.05) is 72.4 Å². The molecule has 0 aliphatic heterocycles. The molecule has 4 heteroatoms. The fourth-order valence-corrected chi connectivity index (χ4v) is 3.36. The van der Waals surface area contributed by atoms with Crippen LogP contribution in [0.25, 0.3) is 0 Å². The Bertz CT molecular complexity index is 723. The summed E-state index contributed by atoms with van der Waals surface area (Å²) in [7, 11) is 1.82. The number of aliphatic hydroxyl groups is 2. The predicted octanol–water partition coefficient (Wildman–Crippen LogP) is 3.00. The van der Waals surface area contributed by atoms with Crippen molar-refractivity contribution in [2.75, 3.05) is 13.6 Å². The molecule has 26 heavy (non-hydrogen) atoms. The molecule has 0 spiro atoms. The minimum atomic E-state index is -0.759. The molecule has 3 rings (SSSR count). The topological polar surface area (TPSA) is 55.7 Å². The Balaban J connectivity index is 1.56. The van der Waals surface area contributed by atoms with E-state index in [1.165, 1.54) is 5.57 Å². The van der Waals surface area contributed by atoms with Crippen molar-refractivity contribution >= 4 is 0 Å². The number of hydrogen-bond acceptors (Lipinski definition) is 4. The van der Waals surface area contributed by atoms with Crippen molar-refractivity contribution in [3.05, 3.63) is 83.5 Å². The molecule has 1 aromatic rings. The van der Waals surface area contributed by atoms with E-state index in [9.17, 15) is 10.2 Å². The average Bonchev–Trinajstić information content (AvgIpc) is 3.18. The number of aliphatic hydroxyl groups excluding tert-OH is 2. The highest BCUT2D eigenvalue weighted by Crippen LogP contribution is 2.26. The molecule has 0 saturated heterocycles. The van der Waals surface area contributed by atoms with Gasteiger partial charge in [0, 0.05) is 18.5 Å². The molecule has 3 atom stereocenters. The molecule has 0 fully saturated rings. The lowest BCUT2D eigenvalue weighted by atomic mass is 9.98. The lowest BCUT2D eigenvalue weighted by Crippen LogP contribution is -2.45. The van der Waals surface area contributed by atoms with Crippen LogP contribution in [0.3, 0.4) is 0 Å². The van der Waals surface area contributed by atoms with Gasteiger partial charge in [0.2, 0.25) is 0 Å². The number of hydrogen-bond donors (Lipinski definition) is 3. The molecule has 0 aromatic heterocycles. The number of rotatable bonds is 7. The summed E-state index contributed by atoms with van der Waals surface area (Å²) < 4.78 is 0. The van der Waals surface area contributed by atoms with Crippen LogP contribution in [0.15, 0.2) is 72.4 Å². The van der Waals surface area contributed by atoms with Gasteiger partial charge in [0.15, 0.2) is 0 Å². The second-order valence-corrected chi connectivity index (χ2v) is 7.11. The third-order valence-corrected chi connectivity index (χ3v) is 4.91. The Morgan fingerprint density at radius 2 is 1.96 bits per heavy atom. The van der Waals surface area contributed by atoms with Crippen molar-refractivity contribution in [3.8, 4) is 0 Å². The first-order valence-corrected chi connectivity index (χ1v) is 9.15. The molecular formula is C22H28N2O2. The van der Waals surface area contributed by atoms with Gasteiger partial charge < -0.3 is 10.2 Å². The van der Waals surface area contributed by atoms with Crippen molar-refractivity contribution in [1.82, 2.24) is 10.2 Å². The van der Waals surface area contributed by atoms with Crippen LogP contribution >= 0.6 is 0 Å². The van der Waals surface area contributed by atoms with Crippen molar-refractivity contribution in [2.45, 2.75) is 37.8 Å². The maximum atomic E-state index is 10.7. The van der Waals surface area contributed by atoms with Crippen LogP contribution in [0.1, 0.15) is 36.6 Å². The highest BCUT2D eigenvalue weighted by molar-refractivity contribution is 5.37. The van der Waals surface area contributed by atoms with Gasteiger partial charge in [0.25, 0.3) is 0 Å². The van der Waals surface area contributed by atoms with Gasteiger partial charge >= 0.3 is 0 Å². The second kappa shape index (κ2) is 8.60. The van der Waals surface area contributed by atoms with Crippen molar-refractivity contribution in [1.29, 1.82) is 0 Å². The number of allylic oxidation sites excluding steroid dienone is 6. The van der Waals surface area contributed by atoms with Crippen molar-refractivity contribution in [2.24, 2.45) is 0 Å². The molecule has 0 amide bonds. The van der Waals surface area contributed by atoms with E-state index in [1.54, 1.807) is 4.90 Å². The minimum absolute atomic E-state index is 0.128. The maximum absolute atomic E-state index is 10.7. The number of nitrogens with zero attached hydrogens (tertiary/aromatic N) is 1. The van der Waals surface area contributed by atoms with Gasteiger partial charge in [-0.3, -0.25) is 10.2 Å². The van der Waals surface area contributed by atoms with Crippen molar-refractivity contribution < 1.29 is 10.2 Å². The fraction of sp³-hybridized carbons (Fsp3) is 0.364. The van der Waals surface area contributed by atoms with Crippen LogP contribution in [0.5, 0.6) is 0 Å². The SMILES string of the molecule is CC1=CCC(NC(O)CN(C)C(O)c2cccc(C3C=CC=C3)c2)C=C1. The molecule has 0 saturated carbocycles. The first-order valence-electron chi connectivity index (χ1n) is 9.15. The van der Waals surface area contributed by atoms with Gasteiger partial charge in [-0.25, -0.2) is 0 Å². The minimum Gasteiger partial charge on any atom is -0.377 e. The third-order valence-electron chi connectivity index (χ3n) is 4.91. The first kappa shape index (κ1) is 18.8. The van der Waals surface area contributed by atoms with E-state index in [0.29, 0.717) is 6.54 Å². The number of nitrogens with one attached hydrogen (secondary N) is 1. The normalized spacial score (nSPS) is 22.0. The highest BCUT2D eigenvalue weighted by atomic mass is 16.3. The standard InChI is InChI=1S/C22H28N2O2/c1-16-10-12-20(13-11-16)23-21(25)15-24(2)22(26)19-9-5-8-18(14-19)17-6-3-4-7-17/h3-12,14,17,20-23,25-26H,13,15H2,1-2H3. The number of likely N-dealkylation sites (N-methyl/N-ethyl adjacent to an activating group) is 1. The van der Waals surface area contributed by atoms with Crippen molar-refractivity contribution in [3.63, 3.8) is 0 Å². The summed E-state index contributed by atoms with van der Waals surface area (Å²) in [5.74, 6) is 0.273. The summed E-state index contributed by atoms with van der Waals surface area (Å²) in [5, 5.41) is 24.2. The van der Waals surface area contributed by atoms with Crippen LogP contribution in [0, 0.1) is 0 Å². The third kappa shape index (κ3) is 4.80. The summed E-state index contributed by atoms with van der Waals surface area (Å²) in [6.45, 7) is 2.40. The van der Waals surface area contributed by atoms with E-state index in [-0.39, 0.29) is 12.0 Å².